The molecule has 0 aromatic heterocycles. The van der Waals surface area contributed by atoms with Crippen molar-refractivity contribution in [2.24, 2.45) is 17.8 Å². The molecule has 34 heavy (non-hydrogen) atoms. The minimum atomic E-state index is -0.825. The van der Waals surface area contributed by atoms with Crippen molar-refractivity contribution in [3.05, 3.63) is 89.5 Å². The first-order valence-corrected chi connectivity index (χ1v) is 12.3. The molecule has 2 heterocycles. The van der Waals surface area contributed by atoms with Gasteiger partial charge < -0.3 is 25.6 Å². The van der Waals surface area contributed by atoms with E-state index in [1.807, 2.05) is 30.3 Å². The predicted octanol–water partition coefficient (Wildman–Crippen LogP) is 5.20. The highest BCUT2D eigenvalue weighted by atomic mass is 32.1. The molecule has 1 saturated heterocycles. The van der Waals surface area contributed by atoms with Crippen LogP contribution in [0.3, 0.4) is 0 Å². The standard InChI is InChI=1S/C28H28N2O3S/c1-16-14-20-23(17-8-4-2-5-9-17)19-12-13-22(31)25(32)26(19)33-28(20)21(15-16)24(29-27(34)30-28)18-10-6-3-7-11-18/h2-13,16,20-21,23-24,31-32H,14-15H2,1H3,(H2,29,30,34)/t16-,20+,21+,23+,24-,28+/m0/s1. The molecule has 0 amide bonds. The molecule has 0 unspecified atom stereocenters. The zero-order chi connectivity index (χ0) is 23.4. The van der Waals surface area contributed by atoms with E-state index in [1.54, 1.807) is 6.07 Å². The molecule has 6 rings (SSSR count). The number of ether oxygens (including phenoxy) is 1. The number of aromatic hydroxyl groups is 2. The van der Waals surface area contributed by atoms with Gasteiger partial charge >= 0.3 is 0 Å². The molecule has 174 valence electrons. The number of rotatable bonds is 2. The molecule has 1 aliphatic carbocycles. The second-order valence-corrected chi connectivity index (χ2v) is 10.3. The SMILES string of the molecule is C[C@H]1C[C@@H]2[C@H](c3ccccc3)c3ccc(O)c(O)c3O[C@]23NC(=S)N[C@@H](c2ccccc2)[C@H]3C1. The third-order valence-electron chi connectivity index (χ3n) is 7.88. The van der Waals surface area contributed by atoms with Crippen LogP contribution in [0.2, 0.25) is 0 Å². The maximum absolute atomic E-state index is 10.9. The van der Waals surface area contributed by atoms with Crippen LogP contribution >= 0.6 is 12.2 Å². The van der Waals surface area contributed by atoms with Gasteiger partial charge in [0.05, 0.1) is 6.04 Å². The number of hydrogen-bond acceptors (Lipinski definition) is 4. The van der Waals surface area contributed by atoms with Gasteiger partial charge in [-0.15, -0.1) is 0 Å². The summed E-state index contributed by atoms with van der Waals surface area (Å²) >= 11 is 5.74. The Kier molecular flexibility index (Phi) is 4.96. The van der Waals surface area contributed by atoms with Crippen LogP contribution in [0.5, 0.6) is 17.2 Å². The number of fused-ring (bicyclic) bond motifs is 1. The van der Waals surface area contributed by atoms with E-state index in [1.165, 1.54) is 0 Å². The average molecular weight is 473 g/mol. The van der Waals surface area contributed by atoms with Crippen LogP contribution in [0.1, 0.15) is 48.4 Å². The normalized spacial score (nSPS) is 31.7. The Morgan fingerprint density at radius 2 is 1.53 bits per heavy atom. The summed E-state index contributed by atoms with van der Waals surface area (Å²) in [7, 11) is 0. The second-order valence-electron chi connectivity index (χ2n) is 9.91. The highest BCUT2D eigenvalue weighted by Crippen LogP contribution is 2.61. The lowest BCUT2D eigenvalue weighted by Crippen LogP contribution is -2.74. The maximum atomic E-state index is 10.9. The zero-order valence-electron chi connectivity index (χ0n) is 18.9. The highest BCUT2D eigenvalue weighted by Gasteiger charge is 2.62. The second kappa shape index (κ2) is 7.91. The first-order chi connectivity index (χ1) is 16.5. The van der Waals surface area contributed by atoms with Crippen molar-refractivity contribution >= 4 is 17.3 Å². The Hall–Kier alpha value is -3.25. The fourth-order valence-electron chi connectivity index (χ4n) is 6.54. The molecule has 2 fully saturated rings. The van der Waals surface area contributed by atoms with Gasteiger partial charge in [0.15, 0.2) is 22.3 Å². The van der Waals surface area contributed by atoms with E-state index < -0.39 is 5.72 Å². The maximum Gasteiger partial charge on any atom is 0.200 e. The molecule has 3 aromatic rings. The van der Waals surface area contributed by atoms with E-state index in [-0.39, 0.29) is 35.3 Å². The van der Waals surface area contributed by atoms with Crippen LogP contribution in [0.15, 0.2) is 72.8 Å². The van der Waals surface area contributed by atoms with E-state index in [9.17, 15) is 10.2 Å². The van der Waals surface area contributed by atoms with Gasteiger partial charge in [0.25, 0.3) is 0 Å². The van der Waals surface area contributed by atoms with Gasteiger partial charge in [0.1, 0.15) is 0 Å². The van der Waals surface area contributed by atoms with Crippen LogP contribution < -0.4 is 15.4 Å². The Labute approximate surface area is 204 Å². The van der Waals surface area contributed by atoms with Gasteiger partial charge in [0.2, 0.25) is 5.75 Å². The largest absolute Gasteiger partial charge is 0.504 e. The molecular weight excluding hydrogens is 444 g/mol. The average Bonchev–Trinajstić information content (AvgIpc) is 2.85. The minimum Gasteiger partial charge on any atom is -0.504 e. The molecule has 5 nitrogen and oxygen atoms in total. The zero-order valence-corrected chi connectivity index (χ0v) is 19.8. The molecule has 0 radical (unpaired) electrons. The lowest BCUT2D eigenvalue weighted by molar-refractivity contribution is -0.133. The molecule has 1 spiro atoms. The summed E-state index contributed by atoms with van der Waals surface area (Å²) in [6.07, 6.45) is 1.89. The molecule has 6 heteroatoms. The molecular formula is C28H28N2O3S. The highest BCUT2D eigenvalue weighted by molar-refractivity contribution is 7.80. The Morgan fingerprint density at radius 3 is 2.24 bits per heavy atom. The number of phenols is 2. The van der Waals surface area contributed by atoms with E-state index in [4.69, 9.17) is 17.0 Å². The lowest BCUT2D eigenvalue weighted by Gasteiger charge is -2.60. The van der Waals surface area contributed by atoms with Gasteiger partial charge in [-0.25, -0.2) is 0 Å². The van der Waals surface area contributed by atoms with Gasteiger partial charge in [-0.1, -0.05) is 73.7 Å². The smallest absolute Gasteiger partial charge is 0.200 e. The van der Waals surface area contributed by atoms with Crippen molar-refractivity contribution in [3.8, 4) is 17.2 Å². The van der Waals surface area contributed by atoms with Crippen LogP contribution in [0, 0.1) is 17.8 Å². The monoisotopic (exact) mass is 472 g/mol. The fraction of sp³-hybridized carbons (Fsp3) is 0.321. The molecule has 3 aliphatic rings. The molecule has 6 atom stereocenters. The van der Waals surface area contributed by atoms with Gasteiger partial charge in [-0.3, -0.25) is 0 Å². The van der Waals surface area contributed by atoms with Gasteiger partial charge in [-0.2, -0.15) is 0 Å². The summed E-state index contributed by atoms with van der Waals surface area (Å²) < 4.78 is 6.81. The van der Waals surface area contributed by atoms with Crippen molar-refractivity contribution < 1.29 is 14.9 Å². The van der Waals surface area contributed by atoms with Gasteiger partial charge in [0, 0.05) is 23.3 Å². The van der Waals surface area contributed by atoms with E-state index in [2.05, 4.69) is 54.0 Å². The molecule has 4 N–H and O–H groups in total. The van der Waals surface area contributed by atoms with E-state index in [0.717, 1.165) is 29.5 Å². The lowest BCUT2D eigenvalue weighted by atomic mass is 9.58. The molecule has 0 bridgehead atoms. The van der Waals surface area contributed by atoms with Crippen molar-refractivity contribution in [2.75, 3.05) is 0 Å². The number of benzene rings is 3. The fourth-order valence-corrected chi connectivity index (χ4v) is 6.82. The molecule has 3 aromatic carbocycles. The number of hydrogen-bond donors (Lipinski definition) is 4. The Balaban J connectivity index is 1.58. The van der Waals surface area contributed by atoms with Crippen LogP contribution in [0.25, 0.3) is 0 Å². The molecule has 1 saturated carbocycles. The predicted molar refractivity (Wildman–Crippen MR) is 135 cm³/mol. The summed E-state index contributed by atoms with van der Waals surface area (Å²) in [6, 6.07) is 24.2. The summed E-state index contributed by atoms with van der Waals surface area (Å²) in [5.41, 5.74) is 2.40. The number of phenolic OH excluding ortho intramolecular Hbond substituents is 2. The van der Waals surface area contributed by atoms with Crippen molar-refractivity contribution in [1.82, 2.24) is 10.6 Å². The van der Waals surface area contributed by atoms with Crippen LogP contribution in [0.4, 0.5) is 0 Å². The van der Waals surface area contributed by atoms with E-state index in [0.29, 0.717) is 16.8 Å². The Bertz CT molecular complexity index is 1240. The quantitative estimate of drug-likeness (QED) is 0.304. The third-order valence-corrected chi connectivity index (χ3v) is 8.10. The first-order valence-electron chi connectivity index (χ1n) is 11.9. The van der Waals surface area contributed by atoms with Crippen molar-refractivity contribution in [1.29, 1.82) is 0 Å². The van der Waals surface area contributed by atoms with Crippen molar-refractivity contribution in [2.45, 2.75) is 37.5 Å². The summed E-state index contributed by atoms with van der Waals surface area (Å²) in [5.74, 6) is 0.526. The van der Waals surface area contributed by atoms with Crippen LogP contribution in [-0.2, 0) is 0 Å². The number of nitrogens with one attached hydrogen (secondary N) is 2. The first kappa shape index (κ1) is 21.3. The summed E-state index contributed by atoms with van der Waals surface area (Å²) in [6.45, 7) is 2.31. The molecule has 2 aliphatic heterocycles. The third kappa shape index (κ3) is 3.16. The van der Waals surface area contributed by atoms with Crippen molar-refractivity contribution in [3.63, 3.8) is 0 Å². The number of thiocarbonyl (C=S) groups is 1. The van der Waals surface area contributed by atoms with Gasteiger partial charge in [-0.05, 0) is 48.2 Å². The Morgan fingerprint density at radius 1 is 0.882 bits per heavy atom. The van der Waals surface area contributed by atoms with Crippen LogP contribution in [-0.4, -0.2) is 21.1 Å². The topological polar surface area (TPSA) is 73.8 Å². The minimum absolute atomic E-state index is 0.0217. The summed E-state index contributed by atoms with van der Waals surface area (Å²) in [5, 5.41) is 28.9. The van der Waals surface area contributed by atoms with E-state index >= 15 is 0 Å². The summed E-state index contributed by atoms with van der Waals surface area (Å²) in [4.78, 5) is 0.